The first-order valence-corrected chi connectivity index (χ1v) is 25.6. The van der Waals surface area contributed by atoms with Crippen molar-refractivity contribution >= 4 is 55.5 Å². The van der Waals surface area contributed by atoms with Gasteiger partial charge in [-0.3, -0.25) is 0 Å². The van der Waals surface area contributed by atoms with E-state index in [-0.39, 0.29) is 0 Å². The summed E-state index contributed by atoms with van der Waals surface area (Å²) in [5, 5.41) is 1.30. The Bertz CT molecular complexity index is 3860. The minimum absolute atomic E-state index is 0.672. The van der Waals surface area contributed by atoms with Crippen molar-refractivity contribution < 1.29 is 0 Å². The van der Waals surface area contributed by atoms with Crippen LogP contribution in [0.25, 0.3) is 65.0 Å². The van der Waals surface area contributed by atoms with E-state index in [0.717, 1.165) is 34.1 Å². The Kier molecular flexibility index (Phi) is 9.97. The molecule has 1 heterocycles. The Morgan fingerprint density at radius 1 is 0.278 bits per heavy atom. The number of fused-ring (bicyclic) bond motifs is 12. The lowest BCUT2D eigenvalue weighted by Gasteiger charge is -2.36. The van der Waals surface area contributed by atoms with Crippen LogP contribution in [0.1, 0.15) is 22.3 Å². The Labute approximate surface area is 424 Å². The summed E-state index contributed by atoms with van der Waals surface area (Å²) in [6.45, 7) is 0. The van der Waals surface area contributed by atoms with E-state index >= 15 is 0 Å². The maximum Gasteiger partial charge on any atom is 0.0761 e. The van der Waals surface area contributed by atoms with Gasteiger partial charge in [0.05, 0.1) is 11.1 Å². The van der Waals surface area contributed by atoms with E-state index in [1.54, 1.807) is 0 Å². The normalized spacial score (nSPS) is 13.9. The molecule has 0 fully saturated rings. The summed E-state index contributed by atoms with van der Waals surface area (Å²) in [6.07, 6.45) is 0. The Morgan fingerprint density at radius 2 is 0.708 bits per heavy atom. The first-order chi connectivity index (χ1) is 35.7. The van der Waals surface area contributed by atoms with E-state index in [0.29, 0.717) is 0 Å². The molecule has 2 aliphatic rings. The number of anilines is 6. The van der Waals surface area contributed by atoms with Crippen LogP contribution < -0.4 is 9.80 Å². The van der Waals surface area contributed by atoms with Crippen molar-refractivity contribution in [1.29, 1.82) is 0 Å². The maximum atomic E-state index is 2.52. The molecular formula is C69H46N2S. The molecule has 2 aliphatic carbocycles. The Hall–Kier alpha value is -9.02. The lowest BCUT2D eigenvalue weighted by Crippen LogP contribution is -2.28. The van der Waals surface area contributed by atoms with Crippen molar-refractivity contribution in [2.24, 2.45) is 0 Å². The predicted molar refractivity (Wildman–Crippen MR) is 304 cm³/mol. The zero-order chi connectivity index (χ0) is 47.6. The summed E-state index contributed by atoms with van der Waals surface area (Å²) >= 11 is 1.93. The molecule has 3 heteroatoms. The summed E-state index contributed by atoms with van der Waals surface area (Å²) in [7, 11) is 0. The highest BCUT2D eigenvalue weighted by molar-refractivity contribution is 7.22. The number of hydrogen-bond donors (Lipinski definition) is 0. The lowest BCUT2D eigenvalue weighted by atomic mass is 9.69. The minimum atomic E-state index is -0.672. The summed E-state index contributed by atoms with van der Waals surface area (Å²) < 4.78 is 1.30. The zero-order valence-corrected chi connectivity index (χ0v) is 40.2. The van der Waals surface area contributed by atoms with Crippen molar-refractivity contribution in [2.45, 2.75) is 5.41 Å². The van der Waals surface area contributed by atoms with Crippen LogP contribution in [0, 0.1) is 0 Å². The first-order valence-electron chi connectivity index (χ1n) is 24.7. The van der Waals surface area contributed by atoms with E-state index in [9.17, 15) is 0 Å². The molecule has 14 rings (SSSR count). The average molecular weight is 935 g/mol. The molecule has 12 aromatic rings. The Balaban J connectivity index is 1.03. The third-order valence-electron chi connectivity index (χ3n) is 14.9. The van der Waals surface area contributed by atoms with Gasteiger partial charge in [0.2, 0.25) is 0 Å². The van der Waals surface area contributed by atoms with Crippen LogP contribution in [0.5, 0.6) is 0 Å². The smallest absolute Gasteiger partial charge is 0.0761 e. The van der Waals surface area contributed by atoms with Crippen molar-refractivity contribution in [3.05, 3.63) is 301 Å². The fourth-order valence-electron chi connectivity index (χ4n) is 11.7. The molecule has 2 nitrogen and oxygen atoms in total. The van der Waals surface area contributed by atoms with Gasteiger partial charge in [0, 0.05) is 43.6 Å². The zero-order valence-electron chi connectivity index (χ0n) is 39.4. The highest BCUT2D eigenvalue weighted by Crippen LogP contribution is 2.68. The molecule has 1 spiro atoms. The molecular weight excluding hydrogens is 889 g/mol. The summed E-state index contributed by atoms with van der Waals surface area (Å²) in [6, 6.07) is 103. The van der Waals surface area contributed by atoms with Crippen LogP contribution in [-0.2, 0) is 5.41 Å². The number of benzene rings is 11. The van der Waals surface area contributed by atoms with Gasteiger partial charge in [0.15, 0.2) is 0 Å². The third kappa shape index (κ3) is 6.62. The average Bonchev–Trinajstić information content (AvgIpc) is 4.09. The van der Waals surface area contributed by atoms with Gasteiger partial charge in [0.1, 0.15) is 0 Å². The van der Waals surface area contributed by atoms with Crippen LogP contribution in [-0.4, -0.2) is 0 Å². The number of para-hydroxylation sites is 1. The first kappa shape index (κ1) is 41.9. The molecule has 11 aromatic carbocycles. The molecule has 0 N–H and O–H groups in total. The van der Waals surface area contributed by atoms with Crippen LogP contribution in [0.3, 0.4) is 0 Å². The quantitative estimate of drug-likeness (QED) is 0.142. The topological polar surface area (TPSA) is 6.48 Å². The molecule has 338 valence electrons. The molecule has 0 saturated carbocycles. The van der Waals surface area contributed by atoms with Crippen molar-refractivity contribution in [1.82, 2.24) is 0 Å². The van der Waals surface area contributed by atoms with E-state index in [1.807, 2.05) is 11.3 Å². The van der Waals surface area contributed by atoms with Gasteiger partial charge in [-0.05, 0) is 145 Å². The van der Waals surface area contributed by atoms with E-state index < -0.39 is 5.41 Å². The summed E-state index contributed by atoms with van der Waals surface area (Å²) in [5.74, 6) is 0. The maximum absolute atomic E-state index is 2.52. The second-order valence-electron chi connectivity index (χ2n) is 18.8. The van der Waals surface area contributed by atoms with Gasteiger partial charge in [-0.1, -0.05) is 206 Å². The second-order valence-corrected chi connectivity index (χ2v) is 19.8. The standard InChI is InChI=1S/C69H46N2S/c1-5-18-47(19-6-1)50-32-38-54(39-33-50)70(53-24-11-4-12-25-53)57-44-45-59-58-26-13-15-29-62(58)69(63(59)46-57)66-61(68-67(69)60-27-14-16-31-65(60)72-68)28-17-30-64(66)71(55-40-34-51(35-41-55)48-20-7-2-8-21-48)56-42-36-52(37-43-56)49-22-9-3-10-23-49/h1-46H. The molecule has 0 saturated heterocycles. The fraction of sp³-hybridized carbons (Fsp3) is 0.0145. The predicted octanol–water partition coefficient (Wildman–Crippen LogP) is 19.2. The molecule has 72 heavy (non-hydrogen) atoms. The van der Waals surface area contributed by atoms with Gasteiger partial charge in [-0.2, -0.15) is 0 Å². The highest BCUT2D eigenvalue weighted by atomic mass is 32.1. The molecule has 1 atom stereocenters. The number of thiophene rings is 1. The van der Waals surface area contributed by atoms with Crippen LogP contribution in [0.4, 0.5) is 34.1 Å². The minimum Gasteiger partial charge on any atom is -0.310 e. The molecule has 1 aromatic heterocycles. The van der Waals surface area contributed by atoms with Crippen LogP contribution >= 0.6 is 11.3 Å². The van der Waals surface area contributed by atoms with E-state index in [4.69, 9.17) is 0 Å². The monoisotopic (exact) mass is 934 g/mol. The fourth-order valence-corrected chi connectivity index (χ4v) is 13.0. The van der Waals surface area contributed by atoms with Gasteiger partial charge >= 0.3 is 0 Å². The lowest BCUT2D eigenvalue weighted by molar-refractivity contribution is 0.801. The molecule has 1 unspecified atom stereocenters. The highest BCUT2D eigenvalue weighted by Gasteiger charge is 2.55. The second kappa shape index (κ2) is 17.1. The number of hydrogen-bond acceptors (Lipinski definition) is 3. The third-order valence-corrected chi connectivity index (χ3v) is 16.1. The number of nitrogens with zero attached hydrogens (tertiary/aromatic N) is 2. The van der Waals surface area contributed by atoms with Gasteiger partial charge in [0.25, 0.3) is 0 Å². The van der Waals surface area contributed by atoms with Gasteiger partial charge < -0.3 is 9.80 Å². The van der Waals surface area contributed by atoms with Gasteiger partial charge in [-0.15, -0.1) is 11.3 Å². The number of rotatable bonds is 9. The largest absolute Gasteiger partial charge is 0.310 e. The molecule has 0 amide bonds. The summed E-state index contributed by atoms with van der Waals surface area (Å²) in [5.41, 5.74) is 22.2. The van der Waals surface area contributed by atoms with E-state index in [1.165, 1.54) is 87.3 Å². The van der Waals surface area contributed by atoms with Crippen molar-refractivity contribution in [2.75, 3.05) is 9.80 Å². The Morgan fingerprint density at radius 3 is 1.29 bits per heavy atom. The van der Waals surface area contributed by atoms with E-state index in [2.05, 4.69) is 289 Å². The van der Waals surface area contributed by atoms with Crippen molar-refractivity contribution in [3.8, 4) is 54.9 Å². The molecule has 0 bridgehead atoms. The van der Waals surface area contributed by atoms with Crippen molar-refractivity contribution in [3.63, 3.8) is 0 Å². The summed E-state index contributed by atoms with van der Waals surface area (Å²) in [4.78, 5) is 6.27. The van der Waals surface area contributed by atoms with Crippen LogP contribution in [0.15, 0.2) is 279 Å². The molecule has 0 aliphatic heterocycles. The van der Waals surface area contributed by atoms with Crippen LogP contribution in [0.2, 0.25) is 0 Å². The molecule has 0 radical (unpaired) electrons. The van der Waals surface area contributed by atoms with Gasteiger partial charge in [-0.25, -0.2) is 0 Å². The SMILES string of the molecule is c1ccc(-c2ccc(N(c3ccccc3)c3ccc4c(c3)C3(c5ccccc5-4)c4c(cccc4N(c4ccc(-c5ccccc5)cc4)c4ccc(-c5ccccc5)cc4)-c4sc5ccccc5c43)cc2)cc1.